The fraction of sp³-hybridized carbons (Fsp3) is 0.667. The molecule has 3 nitrogen and oxygen atoms in total. The molecule has 1 aromatic heterocycles. The van der Waals surface area contributed by atoms with Crippen LogP contribution < -0.4 is 5.32 Å². The second-order valence-corrected chi connectivity index (χ2v) is 6.28. The Hall–Kier alpha value is -0.920. The average Bonchev–Trinajstić information content (AvgIpc) is 2.78. The topological polar surface area (TPSA) is 49.0 Å². The monoisotopic (exact) mass is 280 g/mol. The summed E-state index contributed by atoms with van der Waals surface area (Å²) in [6, 6.07) is 4.80. The summed E-state index contributed by atoms with van der Waals surface area (Å²) in [5, 5.41) is 12.8. The van der Waals surface area contributed by atoms with E-state index in [1.54, 1.807) is 18.0 Å². The lowest BCUT2D eigenvalue weighted by atomic mass is 9.91. The van der Waals surface area contributed by atoms with E-state index in [-0.39, 0.29) is 5.54 Å². The van der Waals surface area contributed by atoms with Gasteiger partial charge in [-0.1, -0.05) is 6.92 Å². The molecule has 0 saturated carbocycles. The van der Waals surface area contributed by atoms with E-state index in [2.05, 4.69) is 32.2 Å². The van der Waals surface area contributed by atoms with Gasteiger partial charge in [0.2, 0.25) is 0 Å². The van der Waals surface area contributed by atoms with E-state index in [9.17, 15) is 5.26 Å². The minimum Gasteiger partial charge on any atom is -0.468 e. The van der Waals surface area contributed by atoms with Crippen LogP contribution in [0.15, 0.2) is 21.6 Å². The lowest BCUT2D eigenvalue weighted by Gasteiger charge is -2.29. The normalized spacial score (nSPS) is 14.3. The Morgan fingerprint density at radius 3 is 2.74 bits per heavy atom. The van der Waals surface area contributed by atoms with Crippen molar-refractivity contribution in [3.05, 3.63) is 18.1 Å². The first-order valence-corrected chi connectivity index (χ1v) is 7.87. The van der Waals surface area contributed by atoms with Crippen LogP contribution in [0, 0.1) is 18.3 Å². The third-order valence-corrected chi connectivity index (χ3v) is 4.43. The molecule has 1 unspecified atom stereocenters. The molecule has 0 aliphatic carbocycles. The molecule has 0 saturated heterocycles. The minimum absolute atomic E-state index is 0.336. The fourth-order valence-electron chi connectivity index (χ4n) is 2.15. The molecule has 0 spiro atoms. The van der Waals surface area contributed by atoms with E-state index in [4.69, 9.17) is 4.42 Å². The van der Waals surface area contributed by atoms with Crippen molar-refractivity contribution in [3.8, 4) is 6.07 Å². The highest BCUT2D eigenvalue weighted by atomic mass is 32.2. The smallest absolute Gasteiger partial charge is 0.114 e. The van der Waals surface area contributed by atoms with Crippen LogP contribution in [0.25, 0.3) is 0 Å². The maximum atomic E-state index is 9.42. The van der Waals surface area contributed by atoms with Crippen LogP contribution >= 0.6 is 11.8 Å². The largest absolute Gasteiger partial charge is 0.468 e. The van der Waals surface area contributed by atoms with Crippen LogP contribution in [-0.4, -0.2) is 17.3 Å². The summed E-state index contributed by atoms with van der Waals surface area (Å²) in [5.41, 5.74) is -0.375. The van der Waals surface area contributed by atoms with E-state index < -0.39 is 0 Å². The molecule has 4 heteroatoms. The molecule has 0 bridgehead atoms. The van der Waals surface area contributed by atoms with Gasteiger partial charge in [0.1, 0.15) is 11.3 Å². The Morgan fingerprint density at radius 2 is 2.26 bits per heavy atom. The van der Waals surface area contributed by atoms with Crippen LogP contribution in [-0.2, 0) is 0 Å². The zero-order valence-electron chi connectivity index (χ0n) is 12.3. The Labute approximate surface area is 120 Å². The van der Waals surface area contributed by atoms with Crippen molar-refractivity contribution in [1.29, 1.82) is 5.26 Å². The number of hydrogen-bond donors (Lipinski definition) is 1. The summed E-state index contributed by atoms with van der Waals surface area (Å²) in [5.74, 6) is 2.00. The average molecular weight is 280 g/mol. The third kappa shape index (κ3) is 4.93. The summed E-state index contributed by atoms with van der Waals surface area (Å²) in [6.07, 6.45) is 4.49. The maximum absolute atomic E-state index is 9.42. The third-order valence-electron chi connectivity index (χ3n) is 3.20. The fourth-order valence-corrected chi connectivity index (χ4v) is 3.06. The van der Waals surface area contributed by atoms with E-state index in [1.807, 2.05) is 13.0 Å². The van der Waals surface area contributed by atoms with Crippen molar-refractivity contribution in [2.24, 2.45) is 0 Å². The highest BCUT2D eigenvalue weighted by Gasteiger charge is 2.27. The van der Waals surface area contributed by atoms with E-state index in [0.29, 0.717) is 6.04 Å². The van der Waals surface area contributed by atoms with E-state index in [1.165, 1.54) is 4.90 Å². The highest BCUT2D eigenvalue weighted by molar-refractivity contribution is 7.99. The summed E-state index contributed by atoms with van der Waals surface area (Å²) < 4.78 is 5.27. The molecule has 1 atom stereocenters. The predicted octanol–water partition coefficient (Wildman–Crippen LogP) is 4.13. The molecular weight excluding hydrogens is 256 g/mol. The molecule has 0 amide bonds. The molecule has 0 aromatic carbocycles. The first kappa shape index (κ1) is 16.1. The van der Waals surface area contributed by atoms with Crippen molar-refractivity contribution in [1.82, 2.24) is 5.32 Å². The quantitative estimate of drug-likeness (QED) is 0.574. The second kappa shape index (κ2) is 7.62. The molecule has 1 N–H and O–H groups in total. The number of nitriles is 1. The van der Waals surface area contributed by atoms with Gasteiger partial charge in [0, 0.05) is 10.9 Å². The van der Waals surface area contributed by atoms with Gasteiger partial charge in [-0.2, -0.15) is 5.26 Å². The van der Waals surface area contributed by atoms with E-state index >= 15 is 0 Å². The van der Waals surface area contributed by atoms with Gasteiger partial charge in [-0.3, -0.25) is 5.32 Å². The van der Waals surface area contributed by atoms with Gasteiger partial charge >= 0.3 is 0 Å². The van der Waals surface area contributed by atoms with Crippen molar-refractivity contribution < 1.29 is 4.42 Å². The van der Waals surface area contributed by atoms with Crippen LogP contribution in [0.2, 0.25) is 0 Å². The Bertz CT molecular complexity index is 422. The number of nitrogens with one attached hydrogen (secondary N) is 1. The molecule has 0 fully saturated rings. The summed E-state index contributed by atoms with van der Waals surface area (Å²) in [7, 11) is 0. The molecule has 0 aliphatic heterocycles. The Kier molecular flexibility index (Phi) is 6.47. The van der Waals surface area contributed by atoms with Crippen molar-refractivity contribution in [3.63, 3.8) is 0 Å². The lowest BCUT2D eigenvalue weighted by molar-refractivity contribution is 0.341. The molecule has 1 rings (SSSR count). The predicted molar refractivity (Wildman–Crippen MR) is 80.3 cm³/mol. The van der Waals surface area contributed by atoms with Crippen LogP contribution in [0.4, 0.5) is 0 Å². The summed E-state index contributed by atoms with van der Waals surface area (Å²) >= 11 is 1.80. The zero-order valence-corrected chi connectivity index (χ0v) is 13.1. The Balaban J connectivity index is 2.41. The SMILES string of the molecule is CCC(C#N)(CCCSc1ccoc1C)NC(C)C. The first-order valence-electron chi connectivity index (χ1n) is 6.89. The molecule has 0 radical (unpaired) electrons. The van der Waals surface area contributed by atoms with Crippen molar-refractivity contribution in [2.75, 3.05) is 5.75 Å². The molecule has 106 valence electrons. The first-order chi connectivity index (χ1) is 9.03. The highest BCUT2D eigenvalue weighted by Crippen LogP contribution is 2.26. The number of rotatable bonds is 8. The van der Waals surface area contributed by atoms with Crippen LogP contribution in [0.3, 0.4) is 0 Å². The standard InChI is InChI=1S/C15H24N2OS/c1-5-15(11-16,17-12(2)3)8-6-10-19-14-7-9-18-13(14)4/h7,9,12,17H,5-6,8,10H2,1-4H3. The second-order valence-electron chi connectivity index (χ2n) is 5.14. The van der Waals surface area contributed by atoms with Gasteiger partial charge < -0.3 is 4.42 Å². The van der Waals surface area contributed by atoms with Gasteiger partial charge in [-0.25, -0.2) is 0 Å². The number of hydrogen-bond acceptors (Lipinski definition) is 4. The summed E-state index contributed by atoms with van der Waals surface area (Å²) in [4.78, 5) is 1.20. The summed E-state index contributed by atoms with van der Waals surface area (Å²) in [6.45, 7) is 8.23. The number of nitrogens with zero attached hydrogens (tertiary/aromatic N) is 1. The lowest BCUT2D eigenvalue weighted by Crippen LogP contribution is -2.47. The molecular formula is C15H24N2OS. The molecule has 19 heavy (non-hydrogen) atoms. The van der Waals surface area contributed by atoms with Crippen LogP contribution in [0.5, 0.6) is 0 Å². The van der Waals surface area contributed by atoms with Gasteiger partial charge in [-0.15, -0.1) is 11.8 Å². The number of furan rings is 1. The van der Waals surface area contributed by atoms with Gasteiger partial charge in [-0.05, 0) is 51.9 Å². The van der Waals surface area contributed by atoms with E-state index in [0.717, 1.165) is 30.8 Å². The van der Waals surface area contributed by atoms with Gasteiger partial charge in [0.05, 0.1) is 12.3 Å². The van der Waals surface area contributed by atoms with Crippen molar-refractivity contribution >= 4 is 11.8 Å². The molecule has 0 aliphatic rings. The van der Waals surface area contributed by atoms with Gasteiger partial charge in [0.25, 0.3) is 0 Å². The maximum Gasteiger partial charge on any atom is 0.114 e. The van der Waals surface area contributed by atoms with Crippen molar-refractivity contribution in [2.45, 2.75) is 63.4 Å². The van der Waals surface area contributed by atoms with Crippen LogP contribution in [0.1, 0.15) is 45.8 Å². The Morgan fingerprint density at radius 1 is 1.53 bits per heavy atom. The molecule has 1 aromatic rings. The van der Waals surface area contributed by atoms with Gasteiger partial charge in [0.15, 0.2) is 0 Å². The zero-order chi connectivity index (χ0) is 14.3. The molecule has 1 heterocycles. The minimum atomic E-state index is -0.375. The number of thioether (sulfide) groups is 1. The number of aryl methyl sites for hydroxylation is 1.